The topological polar surface area (TPSA) is 91.3 Å². The molecule has 0 spiro atoms. The highest BCUT2D eigenvalue weighted by molar-refractivity contribution is 7.47. The normalized spacial score (nSPS) is 14.6. The summed E-state index contributed by atoms with van der Waals surface area (Å²) in [6.45, 7) is 5.28. The van der Waals surface area contributed by atoms with Gasteiger partial charge in [0.25, 0.3) is 0 Å². The summed E-state index contributed by atoms with van der Waals surface area (Å²) in [5.74, 6) is -0.338. The van der Waals surface area contributed by atoms with Crippen molar-refractivity contribution in [1.29, 1.82) is 0 Å². The molecule has 2 unspecified atom stereocenters. The van der Waals surface area contributed by atoms with Crippen LogP contribution in [0.2, 0.25) is 0 Å². The second-order valence-electron chi connectivity index (χ2n) is 16.0. The molecule has 0 aromatic carbocycles. The largest absolute Gasteiger partial charge is 0.472 e. The molecule has 0 aliphatic rings. The molecule has 0 amide bonds. The number of quaternary nitrogens is 1. The minimum atomic E-state index is -4.30. The monoisotopic (exact) mass is 845 g/mol. The van der Waals surface area contributed by atoms with Crippen LogP contribution in [0.5, 0.6) is 0 Å². The van der Waals surface area contributed by atoms with E-state index in [4.69, 9.17) is 18.5 Å². The molecule has 0 aromatic rings. The molecule has 338 valence electrons. The first-order valence-electron chi connectivity index (χ1n) is 23.0. The highest BCUT2D eigenvalue weighted by Crippen LogP contribution is 2.43. The first-order chi connectivity index (χ1) is 28.6. The van der Waals surface area contributed by atoms with Crippen LogP contribution in [0.3, 0.4) is 0 Å². The fourth-order valence-electron chi connectivity index (χ4n) is 5.65. The number of phosphoric acid groups is 1. The third-order valence-electron chi connectivity index (χ3n) is 9.14. The molecule has 8 nitrogen and oxygen atoms in total. The number of nitrogens with zero attached hydrogens (tertiary/aromatic N) is 1. The fraction of sp³-hybridized carbons (Fsp3) is 0.660. The van der Waals surface area contributed by atoms with E-state index >= 15 is 0 Å². The summed E-state index contributed by atoms with van der Waals surface area (Å²) < 4.78 is 35.0. The average Bonchev–Trinajstić information content (AvgIpc) is 3.19. The molecule has 0 aliphatic heterocycles. The average molecular weight is 845 g/mol. The SMILES string of the molecule is CC/C=C\C/C=C\C/C=C\C/C=C\CCCCCCCCCCC(=O)OC(COCCCCC/C=C\C/C=C\C/C=C\C/C=C\CC)COP(=O)(O)OCC[N+](C)(C)C. The standard InChI is InChI=1S/C50H86NO7P/c1-6-8-10-12-14-16-18-20-22-24-25-26-27-28-29-31-33-35-37-39-41-43-50(52)58-49(48-57-59(53,54)56-46-44-51(3,4)5)47-55-45-42-40-38-36-34-32-30-23-21-19-17-15-13-11-9-7-2/h8-11,14-17,20-23,25-26,32,34,49H,6-7,12-13,18-19,24,27-31,33,35-48H2,1-5H3/p+1/b10-8-,11-9-,16-14-,17-15-,22-20-,23-21-,26-25-,34-32-. The first-order valence-corrected chi connectivity index (χ1v) is 24.5. The number of unbranched alkanes of at least 4 members (excludes halogenated alkanes) is 11. The maximum Gasteiger partial charge on any atom is 0.472 e. The molecule has 0 radical (unpaired) electrons. The lowest BCUT2D eigenvalue weighted by Crippen LogP contribution is -2.37. The van der Waals surface area contributed by atoms with E-state index in [0.29, 0.717) is 24.1 Å². The molecule has 2 atom stereocenters. The highest BCUT2D eigenvalue weighted by Gasteiger charge is 2.26. The van der Waals surface area contributed by atoms with Crippen LogP contribution in [0.4, 0.5) is 0 Å². The van der Waals surface area contributed by atoms with Crippen LogP contribution in [0, 0.1) is 0 Å². The molecule has 1 N–H and O–H groups in total. The van der Waals surface area contributed by atoms with Crippen molar-refractivity contribution in [2.45, 2.75) is 161 Å². The van der Waals surface area contributed by atoms with Crippen molar-refractivity contribution in [3.63, 3.8) is 0 Å². The van der Waals surface area contributed by atoms with E-state index in [0.717, 1.165) is 103 Å². The van der Waals surface area contributed by atoms with Crippen LogP contribution in [-0.2, 0) is 27.9 Å². The fourth-order valence-corrected chi connectivity index (χ4v) is 6.39. The number of rotatable bonds is 41. The lowest BCUT2D eigenvalue weighted by Gasteiger charge is -2.24. The minimum Gasteiger partial charge on any atom is -0.457 e. The van der Waals surface area contributed by atoms with E-state index in [1.165, 1.54) is 32.1 Å². The summed E-state index contributed by atoms with van der Waals surface area (Å²) in [7, 11) is 1.62. The number of likely N-dealkylation sites (N-methyl/N-ethyl adjacent to an activating group) is 1. The van der Waals surface area contributed by atoms with Gasteiger partial charge in [0.05, 0.1) is 34.4 Å². The number of carbonyl (C=O) groups is 1. The first kappa shape index (κ1) is 56.4. The van der Waals surface area contributed by atoms with Crippen molar-refractivity contribution in [2.24, 2.45) is 0 Å². The number of hydrogen-bond acceptors (Lipinski definition) is 6. The second-order valence-corrected chi connectivity index (χ2v) is 17.5. The number of allylic oxidation sites excluding steroid dienone is 16. The molecular formula is C50H87NO7P+. The van der Waals surface area contributed by atoms with Crippen molar-refractivity contribution in [3.8, 4) is 0 Å². The number of ether oxygens (including phenoxy) is 2. The number of carbonyl (C=O) groups excluding carboxylic acids is 1. The van der Waals surface area contributed by atoms with E-state index in [1.807, 2.05) is 21.1 Å². The molecule has 9 heteroatoms. The Morgan fingerprint density at radius 1 is 0.525 bits per heavy atom. The van der Waals surface area contributed by atoms with Crippen LogP contribution >= 0.6 is 7.82 Å². The Morgan fingerprint density at radius 2 is 0.932 bits per heavy atom. The van der Waals surface area contributed by atoms with Crippen LogP contribution < -0.4 is 0 Å². The van der Waals surface area contributed by atoms with Gasteiger partial charge >= 0.3 is 13.8 Å². The lowest BCUT2D eigenvalue weighted by molar-refractivity contribution is -0.870. The van der Waals surface area contributed by atoms with Crippen LogP contribution in [-0.4, -0.2) is 75.6 Å². The van der Waals surface area contributed by atoms with E-state index in [-0.39, 0.29) is 25.8 Å². The zero-order valence-corrected chi connectivity index (χ0v) is 39.1. The number of hydrogen-bond donors (Lipinski definition) is 1. The number of phosphoric ester groups is 1. The Balaban J connectivity index is 4.29. The quantitative estimate of drug-likeness (QED) is 0.0215. The molecule has 59 heavy (non-hydrogen) atoms. The predicted octanol–water partition coefficient (Wildman–Crippen LogP) is 13.8. The Kier molecular flexibility index (Phi) is 40.3. The van der Waals surface area contributed by atoms with Crippen molar-refractivity contribution >= 4 is 13.8 Å². The summed E-state index contributed by atoms with van der Waals surface area (Å²) in [6, 6.07) is 0. The van der Waals surface area contributed by atoms with E-state index < -0.39 is 13.9 Å². The highest BCUT2D eigenvalue weighted by atomic mass is 31.2. The summed E-state index contributed by atoms with van der Waals surface area (Å²) in [5.41, 5.74) is 0. The smallest absolute Gasteiger partial charge is 0.457 e. The molecule has 0 saturated carbocycles. The van der Waals surface area contributed by atoms with Gasteiger partial charge in [-0.2, -0.15) is 0 Å². The molecule has 0 bridgehead atoms. The predicted molar refractivity (Wildman–Crippen MR) is 251 cm³/mol. The van der Waals surface area contributed by atoms with Gasteiger partial charge in [0.2, 0.25) is 0 Å². The molecular weight excluding hydrogens is 758 g/mol. The van der Waals surface area contributed by atoms with Gasteiger partial charge < -0.3 is 18.9 Å². The minimum absolute atomic E-state index is 0.0746. The van der Waals surface area contributed by atoms with Crippen molar-refractivity contribution < 1.29 is 37.3 Å². The maximum absolute atomic E-state index is 12.7. The molecule has 0 rings (SSSR count). The van der Waals surface area contributed by atoms with E-state index in [2.05, 4.69) is 111 Å². The maximum atomic E-state index is 12.7. The zero-order valence-electron chi connectivity index (χ0n) is 38.2. The Hall–Kier alpha value is -2.58. The third-order valence-corrected chi connectivity index (χ3v) is 10.1. The van der Waals surface area contributed by atoms with Gasteiger partial charge in [-0.3, -0.25) is 13.8 Å². The van der Waals surface area contributed by atoms with Crippen LogP contribution in [0.1, 0.15) is 155 Å². The van der Waals surface area contributed by atoms with Crippen molar-refractivity contribution in [3.05, 3.63) is 97.2 Å². The zero-order chi connectivity index (χ0) is 43.4. The van der Waals surface area contributed by atoms with Gasteiger partial charge in [0, 0.05) is 13.0 Å². The lowest BCUT2D eigenvalue weighted by atomic mass is 10.1. The molecule has 0 aliphatic carbocycles. The third kappa shape index (κ3) is 46.3. The van der Waals surface area contributed by atoms with Gasteiger partial charge in [0.15, 0.2) is 0 Å². The molecule has 0 heterocycles. The van der Waals surface area contributed by atoms with Crippen molar-refractivity contribution in [1.82, 2.24) is 0 Å². The van der Waals surface area contributed by atoms with Gasteiger partial charge in [-0.15, -0.1) is 0 Å². The van der Waals surface area contributed by atoms with Gasteiger partial charge in [0.1, 0.15) is 19.3 Å². The summed E-state index contributed by atoms with van der Waals surface area (Å²) in [5, 5.41) is 0. The van der Waals surface area contributed by atoms with Crippen molar-refractivity contribution in [2.75, 3.05) is 54.1 Å². The summed E-state index contributed by atoms with van der Waals surface area (Å²) in [4.78, 5) is 22.9. The molecule has 0 saturated heterocycles. The molecule has 0 fully saturated rings. The Bertz CT molecular complexity index is 1260. The second kappa shape index (κ2) is 42.1. The van der Waals surface area contributed by atoms with Crippen LogP contribution in [0.15, 0.2) is 97.2 Å². The van der Waals surface area contributed by atoms with E-state index in [1.54, 1.807) is 0 Å². The summed E-state index contributed by atoms with van der Waals surface area (Å²) in [6.07, 6.45) is 57.3. The van der Waals surface area contributed by atoms with Gasteiger partial charge in [-0.25, -0.2) is 4.57 Å². The van der Waals surface area contributed by atoms with Crippen LogP contribution in [0.25, 0.3) is 0 Å². The van der Waals surface area contributed by atoms with E-state index in [9.17, 15) is 14.3 Å². The van der Waals surface area contributed by atoms with Gasteiger partial charge in [-0.05, 0) is 89.9 Å². The molecule has 0 aromatic heterocycles. The Labute approximate surface area is 362 Å². The Morgan fingerprint density at radius 3 is 1.39 bits per heavy atom. The summed E-state index contributed by atoms with van der Waals surface area (Å²) >= 11 is 0. The number of esters is 1. The van der Waals surface area contributed by atoms with Gasteiger partial charge in [-0.1, -0.05) is 156 Å².